The van der Waals surface area contributed by atoms with E-state index >= 15 is 0 Å². The number of nitrogens with zero attached hydrogens (tertiary/aromatic N) is 2. The van der Waals surface area contributed by atoms with Crippen molar-refractivity contribution < 1.29 is 4.74 Å². The summed E-state index contributed by atoms with van der Waals surface area (Å²) < 4.78 is 6.06. The zero-order chi connectivity index (χ0) is 18.9. The van der Waals surface area contributed by atoms with Gasteiger partial charge in [-0.15, -0.1) is 0 Å². The molecule has 0 bridgehead atoms. The Kier molecular flexibility index (Phi) is 7.67. The largest absolute Gasteiger partial charge is 0.493 e. The second kappa shape index (κ2) is 10.4. The van der Waals surface area contributed by atoms with Gasteiger partial charge in [0.25, 0.3) is 0 Å². The minimum absolute atomic E-state index is 0.719. The monoisotopic (exact) mass is 366 g/mol. The molecular weight excluding hydrogens is 332 g/mol. The topological polar surface area (TPSA) is 35.0 Å². The Morgan fingerprint density at radius 3 is 2.19 bits per heavy atom. The molecule has 0 unspecified atom stereocenters. The lowest BCUT2D eigenvalue weighted by molar-refractivity contribution is 0.178. The van der Waals surface area contributed by atoms with Crippen molar-refractivity contribution in [3.63, 3.8) is 0 Å². The van der Waals surface area contributed by atoms with Gasteiger partial charge in [0.15, 0.2) is 5.82 Å². The molecule has 1 aliphatic carbocycles. The second-order valence-corrected chi connectivity index (χ2v) is 8.03. The zero-order valence-electron chi connectivity index (χ0n) is 17.0. The number of aryl methyl sites for hydroxylation is 1. The maximum atomic E-state index is 6.06. The van der Waals surface area contributed by atoms with Crippen molar-refractivity contribution in [2.75, 3.05) is 6.61 Å². The summed E-state index contributed by atoms with van der Waals surface area (Å²) in [5, 5.41) is 0. The van der Waals surface area contributed by atoms with Crippen LogP contribution in [0.3, 0.4) is 0 Å². The number of aromatic nitrogens is 2. The van der Waals surface area contributed by atoms with E-state index in [0.29, 0.717) is 0 Å². The average Bonchev–Trinajstić information content (AvgIpc) is 2.73. The van der Waals surface area contributed by atoms with Gasteiger partial charge in [0.2, 0.25) is 0 Å². The number of hydrogen-bond acceptors (Lipinski definition) is 3. The molecule has 2 aromatic rings. The fourth-order valence-corrected chi connectivity index (χ4v) is 4.02. The first-order valence-electron chi connectivity index (χ1n) is 10.8. The van der Waals surface area contributed by atoms with Gasteiger partial charge in [-0.3, -0.25) is 0 Å². The van der Waals surface area contributed by atoms with Gasteiger partial charge in [0.1, 0.15) is 5.75 Å². The van der Waals surface area contributed by atoms with Crippen molar-refractivity contribution in [1.82, 2.24) is 9.97 Å². The molecule has 1 fully saturated rings. The predicted octanol–water partition coefficient (Wildman–Crippen LogP) is 6.47. The van der Waals surface area contributed by atoms with Crippen LogP contribution in [0, 0.1) is 11.8 Å². The smallest absolute Gasteiger partial charge is 0.159 e. The highest BCUT2D eigenvalue weighted by Crippen LogP contribution is 2.32. The van der Waals surface area contributed by atoms with Crippen molar-refractivity contribution >= 4 is 0 Å². The van der Waals surface area contributed by atoms with Crippen LogP contribution in [0.15, 0.2) is 36.7 Å². The van der Waals surface area contributed by atoms with Crippen molar-refractivity contribution in [2.24, 2.45) is 11.8 Å². The third kappa shape index (κ3) is 6.05. The minimum Gasteiger partial charge on any atom is -0.493 e. The highest BCUT2D eigenvalue weighted by molar-refractivity contribution is 5.55. The molecule has 1 heterocycles. The molecular formula is C24H34N2O. The zero-order valence-corrected chi connectivity index (χ0v) is 17.0. The Labute approximate surface area is 164 Å². The Morgan fingerprint density at radius 1 is 0.889 bits per heavy atom. The number of rotatable bonds is 9. The SMILES string of the molecule is CCCCC1CCC(COc2ccc(-c3ncc(CCC)cn3)cc2)CC1. The summed E-state index contributed by atoms with van der Waals surface area (Å²) in [4.78, 5) is 8.99. The first-order valence-corrected chi connectivity index (χ1v) is 10.8. The van der Waals surface area contributed by atoms with E-state index in [2.05, 4.69) is 35.9 Å². The van der Waals surface area contributed by atoms with Crippen molar-refractivity contribution in [1.29, 1.82) is 0 Å². The third-order valence-electron chi connectivity index (χ3n) is 5.77. The lowest BCUT2D eigenvalue weighted by Crippen LogP contribution is -2.20. The van der Waals surface area contributed by atoms with Gasteiger partial charge < -0.3 is 4.74 Å². The normalized spacial score (nSPS) is 19.8. The molecule has 0 saturated heterocycles. The third-order valence-corrected chi connectivity index (χ3v) is 5.77. The van der Waals surface area contributed by atoms with Gasteiger partial charge in [-0.1, -0.05) is 52.4 Å². The van der Waals surface area contributed by atoms with E-state index in [-0.39, 0.29) is 0 Å². The van der Waals surface area contributed by atoms with Crippen LogP contribution in [0.25, 0.3) is 11.4 Å². The van der Waals surface area contributed by atoms with E-state index in [9.17, 15) is 0 Å². The van der Waals surface area contributed by atoms with Gasteiger partial charge in [-0.25, -0.2) is 9.97 Å². The van der Waals surface area contributed by atoms with Crippen LogP contribution < -0.4 is 4.74 Å². The molecule has 0 atom stereocenters. The standard InChI is InChI=1S/C24H34N2O/c1-3-5-7-19-8-10-20(11-9-19)18-27-23-14-12-22(13-15-23)24-25-16-21(6-4-2)17-26-24/h12-17,19-20H,3-11,18H2,1-2H3. The second-order valence-electron chi connectivity index (χ2n) is 8.03. The van der Waals surface area contributed by atoms with Crippen LogP contribution >= 0.6 is 0 Å². The molecule has 0 aliphatic heterocycles. The number of ether oxygens (including phenoxy) is 1. The van der Waals surface area contributed by atoms with Crippen LogP contribution in [0.5, 0.6) is 5.75 Å². The maximum absolute atomic E-state index is 6.06. The van der Waals surface area contributed by atoms with E-state index in [1.54, 1.807) is 0 Å². The van der Waals surface area contributed by atoms with E-state index in [1.807, 2.05) is 24.5 Å². The van der Waals surface area contributed by atoms with Crippen molar-refractivity contribution in [3.05, 3.63) is 42.2 Å². The fraction of sp³-hybridized carbons (Fsp3) is 0.583. The van der Waals surface area contributed by atoms with Gasteiger partial charge in [-0.2, -0.15) is 0 Å². The van der Waals surface area contributed by atoms with Crippen molar-refractivity contribution in [2.45, 2.75) is 71.6 Å². The van der Waals surface area contributed by atoms with Crippen LogP contribution in [0.4, 0.5) is 0 Å². The fourth-order valence-electron chi connectivity index (χ4n) is 4.02. The number of hydrogen-bond donors (Lipinski definition) is 0. The van der Waals surface area contributed by atoms with Crippen LogP contribution in [-0.4, -0.2) is 16.6 Å². The highest BCUT2D eigenvalue weighted by atomic mass is 16.5. The minimum atomic E-state index is 0.719. The lowest BCUT2D eigenvalue weighted by Gasteiger charge is -2.28. The molecule has 3 nitrogen and oxygen atoms in total. The Morgan fingerprint density at radius 2 is 1.56 bits per heavy atom. The summed E-state index contributed by atoms with van der Waals surface area (Å²) >= 11 is 0. The Hall–Kier alpha value is -1.90. The molecule has 3 heteroatoms. The first kappa shape index (κ1) is 19.9. The van der Waals surface area contributed by atoms with E-state index in [1.165, 1.54) is 50.5 Å². The summed E-state index contributed by atoms with van der Waals surface area (Å²) in [5.41, 5.74) is 2.24. The lowest BCUT2D eigenvalue weighted by atomic mass is 9.80. The Balaban J connectivity index is 1.45. The molecule has 1 aromatic carbocycles. The molecule has 27 heavy (non-hydrogen) atoms. The predicted molar refractivity (Wildman–Crippen MR) is 112 cm³/mol. The molecule has 0 radical (unpaired) electrons. The van der Waals surface area contributed by atoms with Gasteiger partial charge in [-0.05, 0) is 60.9 Å². The molecule has 1 aliphatic rings. The van der Waals surface area contributed by atoms with Crippen LogP contribution in [0.2, 0.25) is 0 Å². The summed E-state index contributed by atoms with van der Waals surface area (Å²) in [6.07, 6.45) is 15.6. The number of benzene rings is 1. The molecule has 1 aromatic heterocycles. The molecule has 0 N–H and O–H groups in total. The summed E-state index contributed by atoms with van der Waals surface area (Å²) in [6.45, 7) is 5.31. The quantitative estimate of drug-likeness (QED) is 0.510. The van der Waals surface area contributed by atoms with E-state index in [4.69, 9.17) is 4.74 Å². The van der Waals surface area contributed by atoms with E-state index in [0.717, 1.165) is 48.4 Å². The van der Waals surface area contributed by atoms with Gasteiger partial charge in [0.05, 0.1) is 6.61 Å². The maximum Gasteiger partial charge on any atom is 0.159 e. The van der Waals surface area contributed by atoms with Gasteiger partial charge >= 0.3 is 0 Å². The summed E-state index contributed by atoms with van der Waals surface area (Å²) in [5.74, 6) is 3.42. The van der Waals surface area contributed by atoms with Gasteiger partial charge in [0, 0.05) is 18.0 Å². The molecule has 3 rings (SSSR count). The molecule has 0 spiro atoms. The average molecular weight is 367 g/mol. The van der Waals surface area contributed by atoms with E-state index < -0.39 is 0 Å². The molecule has 1 saturated carbocycles. The summed E-state index contributed by atoms with van der Waals surface area (Å²) in [6, 6.07) is 8.22. The summed E-state index contributed by atoms with van der Waals surface area (Å²) in [7, 11) is 0. The van der Waals surface area contributed by atoms with Crippen LogP contribution in [0.1, 0.15) is 70.8 Å². The number of unbranched alkanes of at least 4 members (excludes halogenated alkanes) is 1. The Bertz CT molecular complexity index is 658. The molecule has 146 valence electrons. The highest BCUT2D eigenvalue weighted by Gasteiger charge is 2.21. The molecule has 0 amide bonds. The van der Waals surface area contributed by atoms with Crippen molar-refractivity contribution in [3.8, 4) is 17.1 Å². The first-order chi connectivity index (χ1) is 13.3. The van der Waals surface area contributed by atoms with Crippen LogP contribution in [-0.2, 0) is 6.42 Å².